The van der Waals surface area contributed by atoms with E-state index in [1.54, 1.807) is 42.6 Å². The fourth-order valence-electron chi connectivity index (χ4n) is 3.25. The molecule has 1 aromatic carbocycles. The van der Waals surface area contributed by atoms with Crippen LogP contribution in [0.3, 0.4) is 0 Å². The number of nitrogens with zero attached hydrogens (tertiary/aromatic N) is 4. The van der Waals surface area contributed by atoms with Gasteiger partial charge in [-0.3, -0.25) is 0 Å². The van der Waals surface area contributed by atoms with Crippen LogP contribution in [0.4, 0.5) is 23.8 Å². The van der Waals surface area contributed by atoms with Crippen molar-refractivity contribution in [2.75, 3.05) is 18.9 Å². The van der Waals surface area contributed by atoms with Gasteiger partial charge in [-0.1, -0.05) is 0 Å². The Morgan fingerprint density at radius 3 is 2.56 bits per heavy atom. The van der Waals surface area contributed by atoms with Gasteiger partial charge in [0.05, 0.1) is 29.8 Å². The normalized spacial score (nSPS) is 11.5. The van der Waals surface area contributed by atoms with Crippen molar-refractivity contribution in [3.8, 4) is 28.3 Å². The number of halogens is 3. The van der Waals surface area contributed by atoms with Crippen molar-refractivity contribution < 1.29 is 27.8 Å². The first-order chi connectivity index (χ1) is 16.2. The SMILES string of the molecule is Nc1ncc(-c2ccc3ncc(-c4ccc(OCCCNC(=O)O)cc4)n3n2)cc1C(F)(F)F. The molecule has 3 heterocycles. The summed E-state index contributed by atoms with van der Waals surface area (Å²) in [4.78, 5) is 18.4. The van der Waals surface area contributed by atoms with Crippen LogP contribution < -0.4 is 15.8 Å². The standard InChI is InChI=1S/C22H19F3N6O3/c23-22(24,25)16-10-14(11-29-20(16)26)17-6-7-19-28-12-18(31(19)30-17)13-2-4-15(5-3-13)34-9-1-8-27-21(32)33/h2-7,10-12,27H,1,8-9H2,(H2,26,29)(H,32,33). The highest BCUT2D eigenvalue weighted by Gasteiger charge is 2.34. The maximum absolute atomic E-state index is 13.2. The summed E-state index contributed by atoms with van der Waals surface area (Å²) >= 11 is 0. The molecule has 176 valence electrons. The molecular formula is C22H19F3N6O3. The first-order valence-electron chi connectivity index (χ1n) is 10.1. The van der Waals surface area contributed by atoms with Gasteiger partial charge in [0.2, 0.25) is 0 Å². The molecule has 1 amide bonds. The molecule has 0 aliphatic carbocycles. The highest BCUT2D eigenvalue weighted by atomic mass is 19.4. The predicted octanol–water partition coefficient (Wildman–Crippen LogP) is 4.10. The van der Waals surface area contributed by atoms with Crippen LogP contribution in [0.1, 0.15) is 12.0 Å². The van der Waals surface area contributed by atoms with E-state index in [1.807, 2.05) is 0 Å². The van der Waals surface area contributed by atoms with Crippen LogP contribution in [0.25, 0.3) is 28.2 Å². The number of pyridine rings is 1. The number of ether oxygens (including phenoxy) is 1. The Morgan fingerprint density at radius 1 is 1.09 bits per heavy atom. The van der Waals surface area contributed by atoms with Crippen LogP contribution in [0, 0.1) is 0 Å². The average molecular weight is 472 g/mol. The molecular weight excluding hydrogens is 453 g/mol. The van der Waals surface area contributed by atoms with Gasteiger partial charge >= 0.3 is 12.3 Å². The number of nitrogen functional groups attached to an aromatic ring is 1. The summed E-state index contributed by atoms with van der Waals surface area (Å²) in [6.07, 6.45) is -2.34. The highest BCUT2D eigenvalue weighted by Crippen LogP contribution is 2.35. The van der Waals surface area contributed by atoms with E-state index >= 15 is 0 Å². The number of nitrogens with two attached hydrogens (primary N) is 1. The maximum atomic E-state index is 13.2. The summed E-state index contributed by atoms with van der Waals surface area (Å²) in [5, 5.41) is 15.3. The molecule has 0 saturated carbocycles. The minimum absolute atomic E-state index is 0.171. The molecule has 3 aromatic heterocycles. The third-order valence-electron chi connectivity index (χ3n) is 4.90. The fourth-order valence-corrected chi connectivity index (χ4v) is 3.25. The molecule has 0 radical (unpaired) electrons. The van der Waals surface area contributed by atoms with Crippen molar-refractivity contribution in [2.45, 2.75) is 12.6 Å². The van der Waals surface area contributed by atoms with Crippen molar-refractivity contribution in [1.29, 1.82) is 0 Å². The Hall–Kier alpha value is -4.35. The van der Waals surface area contributed by atoms with Crippen LogP contribution >= 0.6 is 0 Å². The number of alkyl halides is 3. The number of rotatable bonds is 7. The van der Waals surface area contributed by atoms with E-state index in [0.717, 1.165) is 11.6 Å². The van der Waals surface area contributed by atoms with E-state index in [4.69, 9.17) is 15.6 Å². The van der Waals surface area contributed by atoms with E-state index < -0.39 is 23.7 Å². The monoisotopic (exact) mass is 472 g/mol. The van der Waals surface area contributed by atoms with Crippen molar-refractivity contribution in [3.63, 3.8) is 0 Å². The van der Waals surface area contributed by atoms with Gasteiger partial charge in [0, 0.05) is 23.9 Å². The quantitative estimate of drug-likeness (QED) is 0.346. The van der Waals surface area contributed by atoms with E-state index in [9.17, 15) is 18.0 Å². The minimum Gasteiger partial charge on any atom is -0.494 e. The van der Waals surface area contributed by atoms with Crippen molar-refractivity contribution in [2.24, 2.45) is 0 Å². The van der Waals surface area contributed by atoms with Gasteiger partial charge < -0.3 is 20.9 Å². The summed E-state index contributed by atoms with van der Waals surface area (Å²) in [5.41, 5.74) is 6.74. The van der Waals surface area contributed by atoms with E-state index in [2.05, 4.69) is 20.4 Å². The van der Waals surface area contributed by atoms with E-state index in [1.165, 1.54) is 10.7 Å². The molecule has 4 rings (SSSR count). The summed E-state index contributed by atoms with van der Waals surface area (Å²) in [6.45, 7) is 0.632. The lowest BCUT2D eigenvalue weighted by Gasteiger charge is -2.11. The number of carbonyl (C=O) groups is 1. The third kappa shape index (κ3) is 5.00. The zero-order chi connectivity index (χ0) is 24.3. The van der Waals surface area contributed by atoms with E-state index in [0.29, 0.717) is 30.1 Å². The lowest BCUT2D eigenvalue weighted by Crippen LogP contribution is -2.23. The second-order valence-electron chi connectivity index (χ2n) is 7.24. The number of amides is 1. The molecule has 9 nitrogen and oxygen atoms in total. The zero-order valence-electron chi connectivity index (χ0n) is 17.6. The number of anilines is 1. The molecule has 0 aliphatic rings. The minimum atomic E-state index is -4.63. The molecule has 34 heavy (non-hydrogen) atoms. The Labute approximate surface area is 191 Å². The summed E-state index contributed by atoms with van der Waals surface area (Å²) < 4.78 is 46.8. The second kappa shape index (κ2) is 9.25. The predicted molar refractivity (Wildman–Crippen MR) is 117 cm³/mol. The van der Waals surface area contributed by atoms with Crippen LogP contribution in [0.5, 0.6) is 5.75 Å². The van der Waals surface area contributed by atoms with Crippen LogP contribution in [-0.4, -0.2) is 43.9 Å². The first-order valence-corrected chi connectivity index (χ1v) is 10.1. The molecule has 0 fully saturated rings. The summed E-state index contributed by atoms with van der Waals surface area (Å²) in [5.74, 6) is 0.00952. The number of carboxylic acid groups (broad SMARTS) is 1. The van der Waals surface area contributed by atoms with Gasteiger partial charge in [0.1, 0.15) is 11.6 Å². The van der Waals surface area contributed by atoms with Gasteiger partial charge in [-0.25, -0.2) is 19.3 Å². The van der Waals surface area contributed by atoms with Gasteiger partial charge in [-0.15, -0.1) is 0 Å². The Morgan fingerprint density at radius 2 is 1.85 bits per heavy atom. The van der Waals surface area contributed by atoms with Gasteiger partial charge in [-0.2, -0.15) is 18.3 Å². The number of hydrogen-bond acceptors (Lipinski definition) is 6. The molecule has 4 aromatic rings. The van der Waals surface area contributed by atoms with Gasteiger partial charge in [-0.05, 0) is 48.9 Å². The van der Waals surface area contributed by atoms with Crippen molar-refractivity contribution in [3.05, 3.63) is 60.4 Å². The largest absolute Gasteiger partial charge is 0.494 e. The van der Waals surface area contributed by atoms with Gasteiger partial charge in [0.15, 0.2) is 5.65 Å². The number of imidazole rings is 1. The smallest absolute Gasteiger partial charge is 0.419 e. The van der Waals surface area contributed by atoms with E-state index in [-0.39, 0.29) is 17.8 Å². The topological polar surface area (TPSA) is 128 Å². The molecule has 0 spiro atoms. The van der Waals surface area contributed by atoms with Crippen molar-refractivity contribution >= 4 is 17.6 Å². The molecule has 0 aliphatic heterocycles. The Balaban J connectivity index is 1.56. The lowest BCUT2D eigenvalue weighted by molar-refractivity contribution is -0.137. The van der Waals surface area contributed by atoms with Crippen LogP contribution in [-0.2, 0) is 6.18 Å². The van der Waals surface area contributed by atoms with Crippen molar-refractivity contribution in [1.82, 2.24) is 24.9 Å². The molecule has 0 bridgehead atoms. The Bertz CT molecular complexity index is 1320. The Kier molecular flexibility index (Phi) is 6.21. The molecule has 0 atom stereocenters. The summed E-state index contributed by atoms with van der Waals surface area (Å²) in [7, 11) is 0. The molecule has 0 saturated heterocycles. The number of hydrogen-bond donors (Lipinski definition) is 3. The van der Waals surface area contributed by atoms with Crippen LogP contribution in [0.15, 0.2) is 54.9 Å². The number of benzene rings is 1. The molecule has 12 heteroatoms. The fraction of sp³-hybridized carbons (Fsp3) is 0.182. The zero-order valence-corrected chi connectivity index (χ0v) is 17.6. The number of nitrogens with one attached hydrogen (secondary N) is 1. The average Bonchev–Trinajstić information content (AvgIpc) is 3.22. The molecule has 0 unspecified atom stereocenters. The third-order valence-corrected chi connectivity index (χ3v) is 4.90. The lowest BCUT2D eigenvalue weighted by atomic mass is 10.1. The highest BCUT2D eigenvalue weighted by molar-refractivity contribution is 5.67. The summed E-state index contributed by atoms with van der Waals surface area (Å²) in [6, 6.07) is 11.2. The first kappa shape index (κ1) is 22.8. The molecule has 4 N–H and O–H groups in total. The second-order valence-corrected chi connectivity index (χ2v) is 7.24. The number of fused-ring (bicyclic) bond motifs is 1. The van der Waals surface area contributed by atoms with Crippen LogP contribution in [0.2, 0.25) is 0 Å². The maximum Gasteiger partial charge on any atom is 0.419 e. The van der Waals surface area contributed by atoms with Gasteiger partial charge in [0.25, 0.3) is 0 Å². The number of aromatic nitrogens is 4.